The largest absolute Gasteiger partial charge is 0.453 e. The van der Waals surface area contributed by atoms with Gasteiger partial charge in [0, 0.05) is 35.5 Å². The lowest BCUT2D eigenvalue weighted by Gasteiger charge is -2.37. The summed E-state index contributed by atoms with van der Waals surface area (Å²) < 4.78 is 43.0. The van der Waals surface area contributed by atoms with Crippen molar-refractivity contribution in [3.05, 3.63) is 83.6 Å². The van der Waals surface area contributed by atoms with Crippen LogP contribution < -0.4 is 10.6 Å². The number of rotatable bonds is 10. The molecule has 4 heterocycles. The number of methoxy groups -OCH3 is 2. The number of fused-ring (bicyclic) bond motifs is 6. The van der Waals surface area contributed by atoms with Gasteiger partial charge in [-0.05, 0) is 108 Å². The molecule has 5 unspecified atom stereocenters. The van der Waals surface area contributed by atoms with E-state index in [-0.39, 0.29) is 64.2 Å². The van der Waals surface area contributed by atoms with Crippen LogP contribution in [0, 0.1) is 23.2 Å². The van der Waals surface area contributed by atoms with Crippen molar-refractivity contribution in [3.8, 4) is 33.5 Å². The second-order valence-electron chi connectivity index (χ2n) is 19.4. The quantitative estimate of drug-likeness (QED) is 0.108. The fraction of sp³-hybridized carbons (Fsp3) is 0.469. The van der Waals surface area contributed by atoms with Gasteiger partial charge in [-0.2, -0.15) is 8.78 Å². The molecule has 5 aromatic rings. The van der Waals surface area contributed by atoms with Crippen LogP contribution in [-0.2, 0) is 25.0 Å². The number of carbonyl (C=O) groups is 4. The van der Waals surface area contributed by atoms with Crippen molar-refractivity contribution in [2.24, 2.45) is 23.2 Å². The number of carbonyl (C=O) groups excluding carboxylic acids is 4. The molecular formula is C49H54F2N8O6. The summed E-state index contributed by atoms with van der Waals surface area (Å²) in [5.41, 5.74) is 4.57. The van der Waals surface area contributed by atoms with Crippen LogP contribution in [0.15, 0.2) is 60.8 Å². The first-order valence-electron chi connectivity index (χ1n) is 22.6. The number of nitrogens with zero attached hydrogens (tertiary/aromatic N) is 4. The van der Waals surface area contributed by atoms with Crippen LogP contribution in [0.4, 0.5) is 18.4 Å². The van der Waals surface area contributed by atoms with Gasteiger partial charge in [0.1, 0.15) is 23.7 Å². The average Bonchev–Trinajstić information content (AvgIpc) is 3.95. The summed E-state index contributed by atoms with van der Waals surface area (Å²) in [5.74, 6) is -2.54. The number of ether oxygens (including phenoxy) is 2. The van der Waals surface area contributed by atoms with Crippen LogP contribution >= 0.6 is 0 Å². The van der Waals surface area contributed by atoms with Crippen molar-refractivity contribution in [2.45, 2.75) is 102 Å². The number of halogens is 2. The van der Waals surface area contributed by atoms with Crippen LogP contribution in [0.25, 0.3) is 44.5 Å². The minimum Gasteiger partial charge on any atom is -0.453 e. The number of nitrogens with one attached hydrogen (secondary N) is 4. The van der Waals surface area contributed by atoms with Crippen LogP contribution in [0.2, 0.25) is 0 Å². The monoisotopic (exact) mass is 888 g/mol. The number of hydrogen-bond acceptors (Lipinski definition) is 8. The molecule has 4 N–H and O–H groups in total. The number of alkyl carbamates (subject to hydrolysis) is 2. The Morgan fingerprint density at radius 3 is 2.05 bits per heavy atom. The van der Waals surface area contributed by atoms with Gasteiger partial charge in [0.05, 0.1) is 43.0 Å². The van der Waals surface area contributed by atoms with Gasteiger partial charge in [-0.15, -0.1) is 0 Å². The van der Waals surface area contributed by atoms with E-state index in [0.29, 0.717) is 51.7 Å². The van der Waals surface area contributed by atoms with E-state index < -0.39 is 30.2 Å². The number of piperidine rings is 1. The number of amides is 4. The van der Waals surface area contributed by atoms with Crippen molar-refractivity contribution in [2.75, 3.05) is 20.8 Å². The van der Waals surface area contributed by atoms with Crippen molar-refractivity contribution in [1.29, 1.82) is 0 Å². The molecule has 5 aliphatic rings. The predicted octanol–water partition coefficient (Wildman–Crippen LogP) is 8.61. The van der Waals surface area contributed by atoms with E-state index in [1.807, 2.05) is 56.9 Å². The van der Waals surface area contributed by atoms with Crippen LogP contribution in [0.3, 0.4) is 0 Å². The molecule has 1 spiro atoms. The highest BCUT2D eigenvalue weighted by Crippen LogP contribution is 2.59. The van der Waals surface area contributed by atoms with Crippen LogP contribution in [-0.4, -0.2) is 92.6 Å². The maximum absolute atomic E-state index is 16.7. The fourth-order valence-corrected chi connectivity index (χ4v) is 11.0. The number of likely N-dealkylation sites (tertiary alicyclic amines) is 2. The lowest BCUT2D eigenvalue weighted by molar-refractivity contribution is -0.139. The van der Waals surface area contributed by atoms with Gasteiger partial charge < -0.3 is 39.9 Å². The second-order valence-corrected chi connectivity index (χ2v) is 19.4. The topological polar surface area (TPSA) is 175 Å². The second kappa shape index (κ2) is 15.7. The number of H-pyrrole nitrogens is 2. The van der Waals surface area contributed by atoms with Crippen LogP contribution in [0.5, 0.6) is 0 Å². The van der Waals surface area contributed by atoms with E-state index in [4.69, 9.17) is 19.4 Å². The van der Waals surface area contributed by atoms with E-state index in [1.165, 1.54) is 20.3 Å². The zero-order valence-electron chi connectivity index (χ0n) is 37.3. The summed E-state index contributed by atoms with van der Waals surface area (Å²) in [5, 5.41) is 5.43. The SMILES string of the molecule is COC(=O)NC(C(=O)N1C2CCC(C2)C1c1nc2ccc(-c3ccc4c(c3)C(F)(F)c3cc(-c5c[nH]c([C@@H]6CC7(CC7)CN6C(=O)C(NC(=O)OC)C(C)C)n5)ccc3-4)cc2[nH]1)C(C)C. The first-order valence-corrected chi connectivity index (χ1v) is 22.6. The molecular weight excluding hydrogens is 835 g/mol. The lowest BCUT2D eigenvalue weighted by atomic mass is 9.95. The number of aromatic amines is 2. The minimum absolute atomic E-state index is 0.0102. The molecule has 4 fully saturated rings. The number of aromatic nitrogens is 4. The molecule has 65 heavy (non-hydrogen) atoms. The molecule has 3 aliphatic carbocycles. The first-order chi connectivity index (χ1) is 31.1. The number of benzene rings is 3. The highest BCUT2D eigenvalue weighted by molar-refractivity contribution is 5.89. The molecule has 4 amide bonds. The number of hydrogen-bond donors (Lipinski definition) is 4. The zero-order chi connectivity index (χ0) is 45.7. The molecule has 2 aliphatic heterocycles. The Balaban J connectivity index is 0.896. The average molecular weight is 889 g/mol. The molecule has 2 bridgehead atoms. The zero-order valence-corrected chi connectivity index (χ0v) is 37.3. The Bertz CT molecular complexity index is 2740. The maximum Gasteiger partial charge on any atom is 0.407 e. The summed E-state index contributed by atoms with van der Waals surface area (Å²) in [6.45, 7) is 8.08. The third-order valence-electron chi connectivity index (χ3n) is 14.7. The summed E-state index contributed by atoms with van der Waals surface area (Å²) in [6.07, 6.45) is 5.82. The third kappa shape index (κ3) is 7.19. The summed E-state index contributed by atoms with van der Waals surface area (Å²) >= 11 is 0. The van der Waals surface area contributed by atoms with Gasteiger partial charge in [-0.1, -0.05) is 58.0 Å². The predicted molar refractivity (Wildman–Crippen MR) is 237 cm³/mol. The number of imidazole rings is 2. The highest BCUT2D eigenvalue weighted by atomic mass is 19.3. The summed E-state index contributed by atoms with van der Waals surface area (Å²) in [6, 6.07) is 13.8. The Morgan fingerprint density at radius 2 is 1.40 bits per heavy atom. The van der Waals surface area contributed by atoms with Gasteiger partial charge in [-0.25, -0.2) is 19.6 Å². The van der Waals surface area contributed by atoms with Gasteiger partial charge in [0.15, 0.2) is 0 Å². The van der Waals surface area contributed by atoms with Crippen molar-refractivity contribution >= 4 is 35.0 Å². The Morgan fingerprint density at radius 1 is 0.785 bits per heavy atom. The van der Waals surface area contributed by atoms with Crippen molar-refractivity contribution in [1.82, 2.24) is 40.4 Å². The standard InChI is InChI=1S/C49H54F2N8O6/c1-24(2)39(56-46(62)64-5)44(60)58-23-48(15-16-48)21-38(58)42-52-22-37(55-42)28-9-13-32-31-12-8-26(18-33(31)49(50,51)34(32)19-28)27-10-14-35-36(20-27)54-43(53-35)41-29-7-11-30(17-29)59(41)45(61)40(25(3)4)57-47(63)65-6/h8-10,12-14,18-20,22,24-25,29-30,38-41H,7,11,15-17,21,23H2,1-6H3,(H,52,55)(H,53,54)(H,56,62)(H,57,63)/t29?,30?,38-,39?,40?,41?/m0/s1. The molecule has 10 rings (SSSR count). The molecule has 6 atom stereocenters. The Kier molecular flexibility index (Phi) is 10.3. The maximum atomic E-state index is 16.7. The Hall–Kier alpha value is -6.32. The summed E-state index contributed by atoms with van der Waals surface area (Å²) in [7, 11) is 2.54. The number of alkyl halides is 2. The fourth-order valence-electron chi connectivity index (χ4n) is 11.0. The van der Waals surface area contributed by atoms with Gasteiger partial charge >= 0.3 is 12.2 Å². The van der Waals surface area contributed by atoms with Gasteiger partial charge in [0.2, 0.25) is 11.8 Å². The molecule has 340 valence electrons. The summed E-state index contributed by atoms with van der Waals surface area (Å²) in [4.78, 5) is 72.7. The van der Waals surface area contributed by atoms with E-state index in [2.05, 4.69) is 20.6 Å². The van der Waals surface area contributed by atoms with E-state index >= 15 is 8.78 Å². The highest BCUT2D eigenvalue weighted by Gasteiger charge is 2.56. The molecule has 3 aromatic carbocycles. The van der Waals surface area contributed by atoms with Crippen molar-refractivity contribution < 1.29 is 37.4 Å². The van der Waals surface area contributed by atoms with E-state index in [0.717, 1.165) is 49.6 Å². The first kappa shape index (κ1) is 42.6. The molecule has 0 radical (unpaired) electrons. The van der Waals surface area contributed by atoms with Gasteiger partial charge in [-0.3, -0.25) is 9.59 Å². The smallest absolute Gasteiger partial charge is 0.407 e. The molecule has 2 saturated carbocycles. The molecule has 2 aromatic heterocycles. The normalized spacial score (nSPS) is 22.9. The Labute approximate surface area is 375 Å². The molecule has 14 nitrogen and oxygen atoms in total. The van der Waals surface area contributed by atoms with E-state index in [9.17, 15) is 19.2 Å². The van der Waals surface area contributed by atoms with Crippen LogP contribution in [0.1, 0.15) is 101 Å². The molecule has 2 saturated heterocycles. The molecule has 16 heteroatoms. The minimum atomic E-state index is -3.29. The van der Waals surface area contributed by atoms with Gasteiger partial charge in [0.25, 0.3) is 5.92 Å². The third-order valence-corrected chi connectivity index (χ3v) is 14.7. The van der Waals surface area contributed by atoms with Crippen molar-refractivity contribution in [3.63, 3.8) is 0 Å². The lowest BCUT2D eigenvalue weighted by Crippen LogP contribution is -2.54. The van der Waals surface area contributed by atoms with E-state index in [1.54, 1.807) is 35.4 Å².